The van der Waals surface area contributed by atoms with Crippen LogP contribution in [0.15, 0.2) is 137 Å². The number of carbonyl (C=O) groups excluding carboxylic acids is 4. The molecule has 3 saturated heterocycles. The Kier molecular flexibility index (Phi) is 13.1. The molecule has 0 unspecified atom stereocenters. The molecule has 0 spiro atoms. The minimum atomic E-state index is -4.65. The number of allylic oxidation sites excluding steroid dienone is 1. The average molecular weight is 942 g/mol. The highest BCUT2D eigenvalue weighted by Crippen LogP contribution is 2.44. The molecule has 4 amide bonds. The van der Waals surface area contributed by atoms with Crippen LogP contribution in [0.5, 0.6) is 0 Å². The molecule has 0 saturated carbocycles. The molecule has 0 bridgehead atoms. The van der Waals surface area contributed by atoms with E-state index in [2.05, 4.69) is 22.0 Å². The molecule has 1 aromatic heterocycles. The van der Waals surface area contributed by atoms with E-state index in [0.29, 0.717) is 16.7 Å². The Balaban J connectivity index is 1.02. The van der Waals surface area contributed by atoms with Crippen LogP contribution in [-0.2, 0) is 34.4 Å². The molecule has 4 aliphatic heterocycles. The molecule has 20 heteroatoms. The maximum atomic E-state index is 14.3. The number of rotatable bonds is 14. The number of carboxylic acid groups (broad SMARTS) is 1. The van der Waals surface area contributed by atoms with Crippen LogP contribution < -0.4 is 11.1 Å². The fraction of sp³-hybridized carbons (Fsp3) is 0.283. The number of hydrogen-bond donors (Lipinski definition) is 3. The maximum absolute atomic E-state index is 14.3. The Hall–Kier alpha value is -6.93. The number of aliphatic carboxylic acids is 1. The number of hydrogen-bond acceptors (Lipinski definition) is 12. The highest BCUT2D eigenvalue weighted by molar-refractivity contribution is 8.00. The zero-order valence-electron chi connectivity index (χ0n) is 34.9. The van der Waals surface area contributed by atoms with Gasteiger partial charge < -0.3 is 35.5 Å². The average Bonchev–Trinajstić information content (AvgIpc) is 4.05. The van der Waals surface area contributed by atoms with Crippen molar-refractivity contribution in [1.82, 2.24) is 25.0 Å². The number of anilines is 1. The number of thiazole rings is 1. The van der Waals surface area contributed by atoms with Gasteiger partial charge in [0.15, 0.2) is 10.8 Å². The van der Waals surface area contributed by atoms with E-state index in [-0.39, 0.29) is 66.1 Å². The molecule has 0 radical (unpaired) electrons. The minimum Gasteiger partial charge on any atom is -0.477 e. The van der Waals surface area contributed by atoms with Crippen LogP contribution in [0.25, 0.3) is 0 Å². The van der Waals surface area contributed by atoms with Crippen molar-refractivity contribution in [1.29, 1.82) is 0 Å². The lowest BCUT2D eigenvalue weighted by atomic mass is 9.80. The van der Waals surface area contributed by atoms with Crippen LogP contribution in [0.2, 0.25) is 0 Å². The van der Waals surface area contributed by atoms with E-state index >= 15 is 0 Å². The topological polar surface area (TPSA) is 197 Å². The first kappa shape index (κ1) is 45.6. The molecule has 4 aliphatic rings. The third-order valence-electron chi connectivity index (χ3n) is 11.7. The number of likely N-dealkylation sites (tertiary alicyclic amines) is 2. The SMILES string of the molecule is C=CCOC(=O)N1C[C@H](CN2CCC(=CC3=C(C(=O)O)N4C(=O)[C@@H](NC(=O)C(=NOC(c5ccccc5)(c5ccccc5)c5ccccc5)c5csc(N)n5)[C@H]4SC3)C2=O)[C@@H](C(F)(F)F)C1. The fourth-order valence-corrected chi connectivity index (χ4v) is 10.5. The van der Waals surface area contributed by atoms with Gasteiger partial charge in [0.1, 0.15) is 29.4 Å². The van der Waals surface area contributed by atoms with Crippen molar-refractivity contribution in [2.75, 3.05) is 44.3 Å². The number of aromatic nitrogens is 1. The van der Waals surface area contributed by atoms with Crippen LogP contribution in [0.4, 0.5) is 23.1 Å². The number of nitrogens with two attached hydrogens (primary N) is 1. The molecule has 15 nitrogen and oxygen atoms in total. The smallest absolute Gasteiger partial charge is 0.410 e. The molecule has 5 heterocycles. The molecule has 4 aromatic rings. The van der Waals surface area contributed by atoms with Crippen LogP contribution in [0.1, 0.15) is 28.8 Å². The Morgan fingerprint density at radius 2 is 1.59 bits per heavy atom. The van der Waals surface area contributed by atoms with Gasteiger partial charge in [-0.25, -0.2) is 14.6 Å². The van der Waals surface area contributed by atoms with Crippen molar-refractivity contribution in [2.24, 2.45) is 17.0 Å². The van der Waals surface area contributed by atoms with Crippen molar-refractivity contribution in [3.05, 3.63) is 154 Å². The summed E-state index contributed by atoms with van der Waals surface area (Å²) in [5.41, 5.74) is 6.37. The number of β-lactam (4-membered cyclic amide) rings is 1. The molecule has 8 rings (SSSR count). The quantitative estimate of drug-likeness (QED) is 0.0347. The van der Waals surface area contributed by atoms with E-state index in [1.165, 1.54) is 22.4 Å². The van der Waals surface area contributed by atoms with Gasteiger partial charge in [-0.2, -0.15) is 13.2 Å². The third kappa shape index (κ3) is 8.89. The van der Waals surface area contributed by atoms with Gasteiger partial charge in [-0.3, -0.25) is 19.3 Å². The van der Waals surface area contributed by atoms with Crippen LogP contribution in [-0.4, -0.2) is 116 Å². The summed E-state index contributed by atoms with van der Waals surface area (Å²) in [6, 6.07) is 26.7. The lowest BCUT2D eigenvalue weighted by Crippen LogP contribution is -2.71. The Morgan fingerprint density at radius 3 is 2.14 bits per heavy atom. The number of ether oxygens (including phenoxy) is 1. The Labute approximate surface area is 384 Å². The fourth-order valence-electron chi connectivity index (χ4n) is 8.62. The number of benzene rings is 3. The monoisotopic (exact) mass is 941 g/mol. The van der Waals surface area contributed by atoms with Gasteiger partial charge in [0.2, 0.25) is 11.5 Å². The number of thioether (sulfide) groups is 1. The molecular weight excluding hydrogens is 900 g/mol. The maximum Gasteiger partial charge on any atom is 0.410 e. The minimum absolute atomic E-state index is 0.0141. The zero-order chi connectivity index (χ0) is 46.8. The van der Waals surface area contributed by atoms with Gasteiger partial charge in [0, 0.05) is 65.5 Å². The van der Waals surface area contributed by atoms with Crippen molar-refractivity contribution >= 4 is 63.7 Å². The predicted octanol–water partition coefficient (Wildman–Crippen LogP) is 5.77. The summed E-state index contributed by atoms with van der Waals surface area (Å²) < 4.78 is 47.3. The number of alkyl halides is 3. The molecule has 342 valence electrons. The number of carbonyl (C=O) groups is 5. The van der Waals surface area contributed by atoms with E-state index in [1.807, 2.05) is 91.0 Å². The van der Waals surface area contributed by atoms with Crippen LogP contribution in [0.3, 0.4) is 0 Å². The van der Waals surface area contributed by atoms with Crippen molar-refractivity contribution in [2.45, 2.75) is 29.6 Å². The van der Waals surface area contributed by atoms with E-state index in [9.17, 15) is 42.3 Å². The Morgan fingerprint density at radius 1 is 0.970 bits per heavy atom. The summed E-state index contributed by atoms with van der Waals surface area (Å²) in [7, 11) is 0. The predicted molar refractivity (Wildman–Crippen MR) is 238 cm³/mol. The van der Waals surface area contributed by atoms with E-state index in [1.54, 1.807) is 0 Å². The third-order valence-corrected chi connectivity index (χ3v) is 13.7. The van der Waals surface area contributed by atoms with Gasteiger partial charge in [-0.15, -0.1) is 23.1 Å². The van der Waals surface area contributed by atoms with Gasteiger partial charge in [-0.1, -0.05) is 109 Å². The second kappa shape index (κ2) is 18.9. The number of fused-ring (bicyclic) bond motifs is 1. The first-order valence-corrected chi connectivity index (χ1v) is 22.6. The number of nitrogens with one attached hydrogen (secondary N) is 1. The van der Waals surface area contributed by atoms with Crippen LogP contribution in [0, 0.1) is 11.8 Å². The van der Waals surface area contributed by atoms with Gasteiger partial charge >= 0.3 is 18.2 Å². The Bertz CT molecular complexity index is 2530. The first-order chi connectivity index (χ1) is 31.7. The number of oxime groups is 1. The van der Waals surface area contributed by atoms with Crippen molar-refractivity contribution in [3.8, 4) is 0 Å². The molecule has 4 atom stereocenters. The molecule has 3 aromatic carbocycles. The standard InChI is InChI=1S/C46H42F3N7O8S2/c1-2-20-63-44(62)55-23-29(33(24-55)46(47,48)49)22-54-19-18-27(39(54)58)21-28-25-65-41-36(40(59)56(41)37(28)42(60)61)52-38(57)35(34-26-66-43(50)51-34)53-64-45(30-12-6-3-7-13-30,31-14-8-4-9-15-31)32-16-10-5-11-17-32/h2-17,21,26,29,33,36,41H,1,18-20,22-25H2,(H2,50,51)(H,52,57)(H,60,61)/t29-,33-,36+,41+/m0/s1. The second-order valence-electron chi connectivity index (χ2n) is 15.8. The zero-order valence-corrected chi connectivity index (χ0v) is 36.6. The van der Waals surface area contributed by atoms with Gasteiger partial charge in [0.05, 0.1) is 5.92 Å². The van der Waals surface area contributed by atoms with E-state index in [0.717, 1.165) is 32.9 Å². The summed E-state index contributed by atoms with van der Waals surface area (Å²) >= 11 is 2.21. The van der Waals surface area contributed by atoms with Crippen molar-refractivity contribution in [3.63, 3.8) is 0 Å². The lowest BCUT2D eigenvalue weighted by Gasteiger charge is -2.49. The van der Waals surface area contributed by atoms with Gasteiger partial charge in [0.25, 0.3) is 11.8 Å². The molecule has 0 aliphatic carbocycles. The summed E-state index contributed by atoms with van der Waals surface area (Å²) in [5.74, 6) is -6.63. The number of carboxylic acids is 1. The van der Waals surface area contributed by atoms with E-state index in [4.69, 9.17) is 15.3 Å². The highest BCUT2D eigenvalue weighted by atomic mass is 32.2. The van der Waals surface area contributed by atoms with Crippen LogP contribution >= 0.6 is 23.1 Å². The number of amides is 4. The van der Waals surface area contributed by atoms with E-state index < -0.39 is 77.1 Å². The summed E-state index contributed by atoms with van der Waals surface area (Å²) in [6.45, 7) is 2.14. The number of halogens is 3. The highest BCUT2D eigenvalue weighted by Gasteiger charge is 2.55. The van der Waals surface area contributed by atoms with Gasteiger partial charge in [-0.05, 0) is 18.1 Å². The number of nitrogen functional groups attached to an aromatic ring is 1. The lowest BCUT2D eigenvalue weighted by molar-refractivity contribution is -0.181. The molecule has 4 N–H and O–H groups in total. The molecular formula is C46H42F3N7O8S2. The summed E-state index contributed by atoms with van der Waals surface area (Å²) in [4.78, 5) is 81.2. The molecule has 66 heavy (non-hydrogen) atoms. The normalized spacial score (nSPS) is 21.7. The van der Waals surface area contributed by atoms with Crippen molar-refractivity contribution < 1.29 is 51.8 Å². The largest absolute Gasteiger partial charge is 0.477 e. The molecule has 3 fully saturated rings. The first-order valence-electron chi connectivity index (χ1n) is 20.7. The summed E-state index contributed by atoms with van der Waals surface area (Å²) in [5, 5.41) is 18.4. The number of nitrogens with zero attached hydrogens (tertiary/aromatic N) is 5. The second-order valence-corrected chi connectivity index (χ2v) is 17.8. The summed E-state index contributed by atoms with van der Waals surface area (Å²) in [6.07, 6.45) is -2.78.